The summed E-state index contributed by atoms with van der Waals surface area (Å²) in [7, 11) is -7.09. The lowest BCUT2D eigenvalue weighted by Crippen LogP contribution is -2.23. The Morgan fingerprint density at radius 2 is 2.00 bits per heavy atom. The van der Waals surface area contributed by atoms with E-state index in [0.29, 0.717) is 6.08 Å². The van der Waals surface area contributed by atoms with Crippen LogP contribution in [0.4, 0.5) is 0 Å². The molecule has 0 radical (unpaired) electrons. The number of allylic oxidation sites excluding steroid dienone is 1. The largest absolute Gasteiger partial charge is 0.402 e. The molecule has 0 saturated heterocycles. The fraction of sp³-hybridized carbons (Fsp3) is 0.500. The molecule has 0 bridgehead atoms. The van der Waals surface area contributed by atoms with E-state index < -0.39 is 21.8 Å². The van der Waals surface area contributed by atoms with Gasteiger partial charge in [-0.05, 0) is 6.92 Å². The zero-order valence-corrected chi connectivity index (χ0v) is 8.72. The van der Waals surface area contributed by atoms with Crippen molar-refractivity contribution in [1.29, 1.82) is 0 Å². The van der Waals surface area contributed by atoms with Gasteiger partial charge in [0.05, 0.1) is 0 Å². The minimum absolute atomic E-state index is 0.00171. The van der Waals surface area contributed by atoms with Gasteiger partial charge in [0.25, 0.3) is 13.6 Å². The van der Waals surface area contributed by atoms with Gasteiger partial charge in [0.15, 0.2) is 0 Å². The molecule has 7 nitrogen and oxygen atoms in total. The summed E-state index contributed by atoms with van der Waals surface area (Å²) in [5.74, 6) is 0. The first-order valence-corrected chi connectivity index (χ1v) is 5.72. The van der Waals surface area contributed by atoms with Gasteiger partial charge in [-0.2, -0.15) is 0 Å². The van der Waals surface area contributed by atoms with Crippen molar-refractivity contribution in [3.8, 4) is 0 Å². The lowest BCUT2D eigenvalue weighted by molar-refractivity contribution is -0.0272. The molecule has 0 saturated carbocycles. The zero-order valence-electron chi connectivity index (χ0n) is 6.72. The zero-order chi connectivity index (χ0) is 10.6. The molecule has 0 aliphatic rings. The van der Waals surface area contributed by atoms with E-state index in [9.17, 15) is 14.2 Å². The highest BCUT2D eigenvalue weighted by molar-refractivity contribution is 7.41. The summed E-state index contributed by atoms with van der Waals surface area (Å²) in [6.45, 7) is 1.33. The molecule has 9 heteroatoms. The average Bonchev–Trinajstić information content (AvgIpc) is 1.82. The molecule has 13 heavy (non-hydrogen) atoms. The van der Waals surface area contributed by atoms with E-state index >= 15 is 0 Å². The summed E-state index contributed by atoms with van der Waals surface area (Å²) in [5.41, 5.74) is 2.45. The first kappa shape index (κ1) is 12.8. The molecule has 0 rings (SSSR count). The molecular weight excluding hydrogens is 220 g/mol. The second-order valence-electron chi connectivity index (χ2n) is 2.26. The van der Waals surface area contributed by atoms with Crippen molar-refractivity contribution in [3.63, 3.8) is 0 Å². The molecule has 0 fully saturated rings. The predicted molar refractivity (Wildman–Crippen MR) is 46.4 cm³/mol. The Balaban J connectivity index is 4.84. The monoisotopic (exact) mass is 231 g/mol. The highest BCUT2D eigenvalue weighted by Crippen LogP contribution is 2.41. The van der Waals surface area contributed by atoms with Gasteiger partial charge in [0.1, 0.15) is 0 Å². The molecule has 5 N–H and O–H groups in total. The summed E-state index contributed by atoms with van der Waals surface area (Å²) >= 11 is 0. The maximum atomic E-state index is 10.6. The van der Waals surface area contributed by atoms with Crippen LogP contribution in [0.15, 0.2) is 11.8 Å². The van der Waals surface area contributed by atoms with Crippen LogP contribution in [0, 0.1) is 0 Å². The fourth-order valence-electron chi connectivity index (χ4n) is 0.577. The maximum absolute atomic E-state index is 10.6. The number of hydrogen-bond donors (Lipinski definition) is 4. The molecular formula is C4H11NO6P2. The van der Waals surface area contributed by atoms with E-state index in [-0.39, 0.29) is 5.70 Å². The molecule has 0 amide bonds. The summed E-state index contributed by atoms with van der Waals surface area (Å²) < 4.78 is 24.8. The third kappa shape index (κ3) is 4.57. The van der Waals surface area contributed by atoms with E-state index in [1.54, 1.807) is 0 Å². The lowest BCUT2D eigenvalue weighted by atomic mass is 10.4. The quantitative estimate of drug-likeness (QED) is 0.374. The minimum atomic E-state index is -3.57. The number of nitrogens with two attached hydrogens (primary N) is 1. The molecule has 0 aliphatic carbocycles. The Hall–Kier alpha value is -0.160. The molecule has 0 spiro atoms. The first-order chi connectivity index (χ1) is 5.78. The van der Waals surface area contributed by atoms with Gasteiger partial charge in [-0.15, -0.1) is 0 Å². The van der Waals surface area contributed by atoms with E-state index in [1.807, 2.05) is 0 Å². The van der Waals surface area contributed by atoms with E-state index in [1.165, 1.54) is 6.92 Å². The Kier molecular flexibility index (Phi) is 4.85. The van der Waals surface area contributed by atoms with Crippen molar-refractivity contribution in [3.05, 3.63) is 11.8 Å². The Bertz CT molecular complexity index is 261. The highest BCUT2D eigenvalue weighted by atomic mass is 31.1. The van der Waals surface area contributed by atoms with Gasteiger partial charge in [-0.3, -0.25) is 13.7 Å². The average molecular weight is 231 g/mol. The summed E-state index contributed by atoms with van der Waals surface area (Å²) in [5, 5.41) is 9.20. The van der Waals surface area contributed by atoms with Crippen molar-refractivity contribution >= 4 is 16.3 Å². The third-order valence-corrected chi connectivity index (χ3v) is 2.52. The van der Waals surface area contributed by atoms with Gasteiger partial charge in [-0.1, -0.05) is 0 Å². The molecule has 0 aromatic carbocycles. The van der Waals surface area contributed by atoms with Crippen LogP contribution in [0.3, 0.4) is 0 Å². The fourth-order valence-corrected chi connectivity index (χ4v) is 1.86. The Morgan fingerprint density at radius 3 is 2.23 bits per heavy atom. The van der Waals surface area contributed by atoms with Crippen LogP contribution in [0.1, 0.15) is 6.92 Å². The van der Waals surface area contributed by atoms with Gasteiger partial charge in [0, 0.05) is 11.8 Å². The van der Waals surface area contributed by atoms with E-state index in [4.69, 9.17) is 15.5 Å². The molecule has 0 aromatic heterocycles. The van der Waals surface area contributed by atoms with Crippen LogP contribution in [0.5, 0.6) is 0 Å². The number of rotatable bonds is 4. The van der Waals surface area contributed by atoms with E-state index in [2.05, 4.69) is 4.52 Å². The summed E-state index contributed by atoms with van der Waals surface area (Å²) in [6.07, 6.45) is 0.701. The third-order valence-electron chi connectivity index (χ3n) is 0.973. The van der Waals surface area contributed by atoms with Crippen LogP contribution < -0.4 is 5.73 Å². The van der Waals surface area contributed by atoms with E-state index in [0.717, 1.165) is 0 Å². The Morgan fingerprint density at radius 1 is 1.54 bits per heavy atom. The van der Waals surface area contributed by atoms with Crippen molar-refractivity contribution < 1.29 is 28.5 Å². The van der Waals surface area contributed by atoms with Crippen LogP contribution >= 0.6 is 16.3 Å². The van der Waals surface area contributed by atoms with Crippen molar-refractivity contribution in [2.45, 2.75) is 12.5 Å². The molecule has 0 aliphatic heterocycles. The summed E-state index contributed by atoms with van der Waals surface area (Å²) in [4.78, 5) is 16.9. The number of aliphatic hydroxyl groups is 1. The van der Waals surface area contributed by atoms with Gasteiger partial charge < -0.3 is 20.6 Å². The van der Waals surface area contributed by atoms with Crippen LogP contribution in [0.25, 0.3) is 0 Å². The molecule has 0 aromatic rings. The molecule has 3 unspecified atom stereocenters. The highest BCUT2D eigenvalue weighted by Gasteiger charge is 2.33. The predicted octanol–water partition coefficient (Wildman–Crippen LogP) is -0.639. The SMILES string of the molecule is CC(N)=CC(O)(O[PH](=O)O)[PH](=O)O. The van der Waals surface area contributed by atoms with Crippen molar-refractivity contribution in [1.82, 2.24) is 0 Å². The smallest absolute Gasteiger partial charge is 0.319 e. The van der Waals surface area contributed by atoms with Gasteiger partial charge in [0.2, 0.25) is 0 Å². The van der Waals surface area contributed by atoms with Gasteiger partial charge >= 0.3 is 8.25 Å². The van der Waals surface area contributed by atoms with Gasteiger partial charge in [-0.25, -0.2) is 0 Å². The number of hydrogen-bond acceptors (Lipinski definition) is 5. The second-order valence-corrected chi connectivity index (χ2v) is 4.32. The van der Waals surface area contributed by atoms with Crippen molar-refractivity contribution in [2.75, 3.05) is 0 Å². The van der Waals surface area contributed by atoms with Crippen LogP contribution in [-0.2, 0) is 13.7 Å². The first-order valence-electron chi connectivity index (χ1n) is 3.10. The summed E-state index contributed by atoms with van der Waals surface area (Å²) in [6, 6.07) is 0. The second kappa shape index (κ2) is 4.91. The lowest BCUT2D eigenvalue weighted by Gasteiger charge is -2.19. The van der Waals surface area contributed by atoms with Crippen molar-refractivity contribution in [2.24, 2.45) is 5.73 Å². The standard InChI is InChI=1S/C4H11NO6P2/c1-3(5)2-4(6,12(7)8)11-13(9)10/h2,6,12-13H,5H2,1H3,(H,7,8)(H,9,10). The Labute approximate surface area is 75.7 Å². The molecule has 78 valence electrons. The normalized spacial score (nSPS) is 22.0. The minimum Gasteiger partial charge on any atom is -0.402 e. The molecule has 3 atom stereocenters. The molecule has 0 heterocycles. The van der Waals surface area contributed by atoms with Crippen LogP contribution in [0.2, 0.25) is 0 Å². The topological polar surface area (TPSA) is 130 Å². The maximum Gasteiger partial charge on any atom is 0.319 e. The van der Waals surface area contributed by atoms with Crippen LogP contribution in [-0.4, -0.2) is 20.4 Å².